The van der Waals surface area contributed by atoms with Crippen LogP contribution in [0.25, 0.3) is 0 Å². The number of hydrogen-bond acceptors (Lipinski definition) is 3. The average molecular weight is 284 g/mol. The molecule has 1 heterocycles. The lowest BCUT2D eigenvalue weighted by Gasteiger charge is -2.23. The molecule has 1 fully saturated rings. The summed E-state index contributed by atoms with van der Waals surface area (Å²) in [4.78, 5) is 24.9. The molecule has 2 atom stereocenters. The molecule has 5 nitrogen and oxygen atoms in total. The Morgan fingerprint density at radius 3 is 2.68 bits per heavy atom. The number of carbonyl (C=O) groups is 2. The molecule has 0 saturated carbocycles. The van der Waals surface area contributed by atoms with E-state index in [1.807, 2.05) is 0 Å². The largest absolute Gasteiger partial charge is 0.508 e. The highest BCUT2D eigenvalue weighted by Crippen LogP contribution is 2.29. The van der Waals surface area contributed by atoms with E-state index in [-0.39, 0.29) is 28.3 Å². The van der Waals surface area contributed by atoms with Crippen molar-refractivity contribution in [3.8, 4) is 5.75 Å². The number of phenols is 1. The first-order valence-electron chi connectivity index (χ1n) is 5.94. The number of hydrogen-bond donors (Lipinski definition) is 2. The number of likely N-dealkylation sites (tertiary alicyclic amines) is 1. The van der Waals surface area contributed by atoms with Gasteiger partial charge in [-0.05, 0) is 31.5 Å². The van der Waals surface area contributed by atoms with Crippen molar-refractivity contribution in [3.05, 3.63) is 28.8 Å². The zero-order valence-corrected chi connectivity index (χ0v) is 11.1. The lowest BCUT2D eigenvalue weighted by molar-refractivity contribution is -0.142. The molecule has 19 heavy (non-hydrogen) atoms. The molecule has 0 bridgehead atoms. The summed E-state index contributed by atoms with van der Waals surface area (Å²) in [5.74, 6) is -1.85. The van der Waals surface area contributed by atoms with Gasteiger partial charge in [-0.25, -0.2) is 0 Å². The zero-order chi connectivity index (χ0) is 14.2. The van der Waals surface area contributed by atoms with Crippen molar-refractivity contribution in [1.82, 2.24) is 4.90 Å². The van der Waals surface area contributed by atoms with Crippen LogP contribution in [0.3, 0.4) is 0 Å². The van der Waals surface area contributed by atoms with Crippen molar-refractivity contribution >= 4 is 23.5 Å². The molecule has 0 spiro atoms. The average Bonchev–Trinajstić information content (AvgIpc) is 2.73. The monoisotopic (exact) mass is 283 g/mol. The minimum absolute atomic E-state index is 0.0469. The summed E-state index contributed by atoms with van der Waals surface area (Å²) in [5, 5.41) is 18.7. The molecular weight excluding hydrogens is 270 g/mol. The van der Waals surface area contributed by atoms with Gasteiger partial charge in [-0.15, -0.1) is 0 Å². The Labute approximate surface area is 115 Å². The van der Waals surface area contributed by atoms with Crippen LogP contribution in [0.15, 0.2) is 18.2 Å². The van der Waals surface area contributed by atoms with Gasteiger partial charge in [0.05, 0.1) is 16.5 Å². The highest BCUT2D eigenvalue weighted by molar-refractivity contribution is 6.33. The Kier molecular flexibility index (Phi) is 3.66. The molecule has 6 heteroatoms. The van der Waals surface area contributed by atoms with E-state index in [2.05, 4.69) is 0 Å². The first kappa shape index (κ1) is 13.7. The van der Waals surface area contributed by atoms with E-state index in [0.29, 0.717) is 13.0 Å². The third-order valence-corrected chi connectivity index (χ3v) is 3.84. The Bertz CT molecular complexity index is 531. The van der Waals surface area contributed by atoms with Gasteiger partial charge in [0.15, 0.2) is 0 Å². The van der Waals surface area contributed by atoms with E-state index < -0.39 is 11.9 Å². The number of rotatable bonds is 2. The van der Waals surface area contributed by atoms with Gasteiger partial charge in [-0.2, -0.15) is 0 Å². The second-order valence-corrected chi connectivity index (χ2v) is 5.04. The number of nitrogens with zero attached hydrogens (tertiary/aromatic N) is 1. The molecule has 0 aromatic heterocycles. The number of aromatic hydroxyl groups is 1. The number of carbonyl (C=O) groups excluding carboxylic acids is 1. The second-order valence-electron chi connectivity index (χ2n) is 4.64. The van der Waals surface area contributed by atoms with Crippen LogP contribution in [0.1, 0.15) is 23.7 Å². The lowest BCUT2D eigenvalue weighted by Crippen LogP contribution is -2.37. The number of halogens is 1. The maximum atomic E-state index is 12.3. The van der Waals surface area contributed by atoms with Crippen LogP contribution in [-0.4, -0.2) is 39.6 Å². The molecular formula is C13H14ClNO4. The van der Waals surface area contributed by atoms with Gasteiger partial charge in [0, 0.05) is 12.6 Å². The number of aliphatic carboxylic acids is 1. The van der Waals surface area contributed by atoms with Crippen LogP contribution in [-0.2, 0) is 4.79 Å². The smallest absolute Gasteiger partial charge is 0.308 e. The van der Waals surface area contributed by atoms with Gasteiger partial charge < -0.3 is 15.1 Å². The van der Waals surface area contributed by atoms with Gasteiger partial charge in [0.1, 0.15) is 5.75 Å². The first-order chi connectivity index (χ1) is 8.91. The molecule has 102 valence electrons. The van der Waals surface area contributed by atoms with E-state index in [9.17, 15) is 14.7 Å². The minimum atomic E-state index is -0.898. The normalized spacial score (nSPS) is 22.5. The summed E-state index contributed by atoms with van der Waals surface area (Å²) in [6, 6.07) is 3.75. The topological polar surface area (TPSA) is 77.8 Å². The van der Waals surface area contributed by atoms with Gasteiger partial charge >= 0.3 is 5.97 Å². The van der Waals surface area contributed by atoms with Gasteiger partial charge in [-0.1, -0.05) is 11.6 Å². The fourth-order valence-corrected chi connectivity index (χ4v) is 2.59. The molecule has 1 aliphatic rings. The Morgan fingerprint density at radius 1 is 1.42 bits per heavy atom. The minimum Gasteiger partial charge on any atom is -0.508 e. The molecule has 2 unspecified atom stereocenters. The molecule has 0 radical (unpaired) electrons. The number of amides is 1. The standard InChI is InChI=1S/C13H14ClNO4/c1-7-9(13(18)19)4-5-15(7)12(17)10-6-8(16)2-3-11(10)14/h2-3,6-7,9,16H,4-5H2,1H3,(H,18,19). The predicted octanol–water partition coefficient (Wildman–Crippen LogP) is 1.98. The van der Waals surface area contributed by atoms with Crippen molar-refractivity contribution in [2.45, 2.75) is 19.4 Å². The summed E-state index contributed by atoms with van der Waals surface area (Å²) in [5.41, 5.74) is 0.194. The molecule has 1 aliphatic heterocycles. The SMILES string of the molecule is CC1C(C(=O)O)CCN1C(=O)c1cc(O)ccc1Cl. The van der Waals surface area contributed by atoms with Gasteiger partial charge in [0.25, 0.3) is 5.91 Å². The molecule has 2 rings (SSSR count). The highest BCUT2D eigenvalue weighted by Gasteiger charge is 2.38. The number of phenolic OH excluding ortho intramolecular Hbond substituents is 1. The number of carboxylic acids is 1. The van der Waals surface area contributed by atoms with Crippen molar-refractivity contribution < 1.29 is 19.8 Å². The molecule has 1 aromatic carbocycles. The summed E-state index contributed by atoms with van der Waals surface area (Å²) in [7, 11) is 0. The van der Waals surface area contributed by atoms with Crippen LogP contribution in [0.2, 0.25) is 5.02 Å². The van der Waals surface area contributed by atoms with E-state index >= 15 is 0 Å². The van der Waals surface area contributed by atoms with E-state index in [1.165, 1.54) is 23.1 Å². The fraction of sp³-hybridized carbons (Fsp3) is 0.385. The third kappa shape index (κ3) is 2.51. The summed E-state index contributed by atoms with van der Waals surface area (Å²) in [6.07, 6.45) is 0.429. The number of benzene rings is 1. The van der Waals surface area contributed by atoms with Crippen LogP contribution in [0, 0.1) is 5.92 Å². The summed E-state index contributed by atoms with van der Waals surface area (Å²) in [6.45, 7) is 2.09. The Balaban J connectivity index is 2.26. The second kappa shape index (κ2) is 5.09. The van der Waals surface area contributed by atoms with E-state index in [0.717, 1.165) is 0 Å². The van der Waals surface area contributed by atoms with E-state index in [1.54, 1.807) is 6.92 Å². The fourth-order valence-electron chi connectivity index (χ4n) is 2.39. The number of carboxylic acid groups (broad SMARTS) is 1. The quantitative estimate of drug-likeness (QED) is 0.870. The van der Waals surface area contributed by atoms with Crippen molar-refractivity contribution in [1.29, 1.82) is 0 Å². The molecule has 2 N–H and O–H groups in total. The van der Waals surface area contributed by atoms with E-state index in [4.69, 9.17) is 16.7 Å². The van der Waals surface area contributed by atoms with Crippen molar-refractivity contribution in [3.63, 3.8) is 0 Å². The molecule has 1 saturated heterocycles. The van der Waals surface area contributed by atoms with Gasteiger partial charge in [-0.3, -0.25) is 9.59 Å². The predicted molar refractivity (Wildman–Crippen MR) is 69.4 cm³/mol. The maximum absolute atomic E-state index is 12.3. The van der Waals surface area contributed by atoms with Crippen LogP contribution >= 0.6 is 11.6 Å². The summed E-state index contributed by atoms with van der Waals surface area (Å²) >= 11 is 5.94. The first-order valence-corrected chi connectivity index (χ1v) is 6.32. The van der Waals surface area contributed by atoms with Gasteiger partial charge in [0.2, 0.25) is 0 Å². The lowest BCUT2D eigenvalue weighted by atomic mass is 10.0. The van der Waals surface area contributed by atoms with Crippen LogP contribution < -0.4 is 0 Å². The highest BCUT2D eigenvalue weighted by atomic mass is 35.5. The Morgan fingerprint density at radius 2 is 2.11 bits per heavy atom. The maximum Gasteiger partial charge on any atom is 0.308 e. The third-order valence-electron chi connectivity index (χ3n) is 3.51. The zero-order valence-electron chi connectivity index (χ0n) is 10.3. The molecule has 0 aliphatic carbocycles. The molecule has 1 amide bonds. The van der Waals surface area contributed by atoms with Crippen molar-refractivity contribution in [2.75, 3.05) is 6.54 Å². The van der Waals surface area contributed by atoms with Crippen LogP contribution in [0.4, 0.5) is 0 Å². The summed E-state index contributed by atoms with van der Waals surface area (Å²) < 4.78 is 0. The Hall–Kier alpha value is -1.75. The molecule has 1 aromatic rings. The van der Waals surface area contributed by atoms with Crippen molar-refractivity contribution in [2.24, 2.45) is 5.92 Å². The van der Waals surface area contributed by atoms with Crippen LogP contribution in [0.5, 0.6) is 5.75 Å².